The number of nitrogens with two attached hydrogens (primary N) is 2. The Morgan fingerprint density at radius 3 is 1.32 bits per heavy atom. The minimum atomic E-state index is -1.67. The summed E-state index contributed by atoms with van der Waals surface area (Å²) in [6, 6.07) is 36.1. The molecular weight excluding hydrogens is 1690 g/mol. The monoisotopic (exact) mass is 1780 g/mol. The lowest BCUT2D eigenvalue weighted by molar-refractivity contribution is -0.146. The van der Waals surface area contributed by atoms with Crippen LogP contribution >= 0.6 is 85.1 Å². The lowest BCUT2D eigenvalue weighted by Crippen LogP contribution is -2.50. The normalized spacial score (nSPS) is 13.2. The minimum Gasteiger partial charge on any atom is -0.480 e. The summed E-state index contributed by atoms with van der Waals surface area (Å²) in [6.07, 6.45) is 4.71. The highest BCUT2D eigenvalue weighted by Gasteiger charge is 2.27. The van der Waals surface area contributed by atoms with Gasteiger partial charge in [-0.2, -0.15) is 0 Å². The van der Waals surface area contributed by atoms with Gasteiger partial charge in [0.1, 0.15) is 40.7 Å². The Morgan fingerprint density at radius 2 is 0.915 bits per heavy atom. The van der Waals surface area contributed by atoms with Gasteiger partial charge < -0.3 is 70.3 Å². The average Bonchev–Trinajstić information content (AvgIpc) is 0.810. The van der Waals surface area contributed by atoms with Crippen LogP contribution in [0.5, 0.6) is 0 Å². The fourth-order valence-corrected chi connectivity index (χ4v) is 10.5. The number of esters is 4. The lowest BCUT2D eigenvalue weighted by atomic mass is 10.1. The number of piperazine rings is 2. The fourth-order valence-electron chi connectivity index (χ4n) is 9.28. The smallest absolute Gasteiger partial charge is 0.410 e. The Bertz CT molecular complexity index is 3940. The summed E-state index contributed by atoms with van der Waals surface area (Å²) in [4.78, 5) is 105. The molecule has 2 aromatic heterocycles. The van der Waals surface area contributed by atoms with E-state index in [0.717, 1.165) is 101 Å². The molecule has 3 unspecified atom stereocenters. The van der Waals surface area contributed by atoms with Crippen molar-refractivity contribution in [2.45, 2.75) is 118 Å². The topological polar surface area (TPSA) is 341 Å². The minimum absolute atomic E-state index is 0.200. The van der Waals surface area contributed by atoms with Crippen LogP contribution in [0, 0.1) is 0 Å². The van der Waals surface area contributed by atoms with Crippen molar-refractivity contribution in [3.8, 4) is 0 Å². The first-order valence-corrected chi connectivity index (χ1v) is 39.5. The second kappa shape index (κ2) is 48.8. The second-order valence-electron chi connectivity index (χ2n) is 24.8. The molecule has 9 rings (SSSR count). The molecule has 3 atom stereocenters. The molecule has 4 heterocycles. The summed E-state index contributed by atoms with van der Waals surface area (Å²) in [5, 5.41) is 18.1. The van der Waals surface area contributed by atoms with Crippen LogP contribution in [0.2, 0.25) is 0 Å². The Morgan fingerprint density at radius 1 is 0.538 bits per heavy atom. The molecule has 0 spiro atoms. The van der Waals surface area contributed by atoms with Gasteiger partial charge in [-0.1, -0.05) is 112 Å². The summed E-state index contributed by atoms with van der Waals surface area (Å²) >= 11 is 13.4. The van der Waals surface area contributed by atoms with E-state index in [1.165, 1.54) is 0 Å². The Labute approximate surface area is 664 Å². The number of fused-ring (bicyclic) bond motifs is 2. The summed E-state index contributed by atoms with van der Waals surface area (Å²) in [5.41, 5.74) is 14.8. The molecule has 2 fully saturated rings. The number of aliphatic carboxylic acids is 1. The van der Waals surface area contributed by atoms with Crippen molar-refractivity contribution >= 4 is 170 Å². The number of carbonyl (C=O) groups is 8. The van der Waals surface area contributed by atoms with Crippen molar-refractivity contribution in [3.05, 3.63) is 180 Å². The Hall–Kier alpha value is -7.39. The molecule has 7 N–H and O–H groups in total. The highest BCUT2D eigenvalue weighted by Crippen LogP contribution is 2.26. The molecule has 106 heavy (non-hydrogen) atoms. The first-order chi connectivity index (χ1) is 50.1. The number of anilines is 1. The van der Waals surface area contributed by atoms with E-state index in [2.05, 4.69) is 117 Å². The van der Waals surface area contributed by atoms with Crippen LogP contribution in [0.4, 0.5) is 15.3 Å². The van der Waals surface area contributed by atoms with Gasteiger partial charge in [0.2, 0.25) is 15.6 Å². The van der Waals surface area contributed by atoms with E-state index in [4.69, 9.17) is 49.2 Å². The number of pyridine rings is 2. The van der Waals surface area contributed by atoms with Gasteiger partial charge in [-0.05, 0) is 182 Å². The summed E-state index contributed by atoms with van der Waals surface area (Å²) < 4.78 is 43.3. The molecule has 3 amide bonds. The molecule has 0 bridgehead atoms. The number of halogens is 6. The number of rotatable bonds is 18. The summed E-state index contributed by atoms with van der Waals surface area (Å²) in [5.74, 6) is -2.52. The van der Waals surface area contributed by atoms with E-state index in [9.17, 15) is 38.4 Å². The van der Waals surface area contributed by atoms with Crippen molar-refractivity contribution in [1.82, 2.24) is 30.4 Å². The summed E-state index contributed by atoms with van der Waals surface area (Å²) in [7, 11) is 7.36. The zero-order valence-electron chi connectivity index (χ0n) is 60.8. The maximum Gasteiger partial charge on any atom is 0.410 e. The number of hydrogen-bond acceptors (Lipinski definition) is 21. The van der Waals surface area contributed by atoms with Crippen molar-refractivity contribution in [3.63, 3.8) is 0 Å². The van der Waals surface area contributed by atoms with Gasteiger partial charge in [-0.25, -0.2) is 38.1 Å². The third-order valence-corrected chi connectivity index (χ3v) is 16.3. The molecule has 0 aliphatic carbocycles. The molecule has 2 aliphatic heterocycles. The largest absolute Gasteiger partial charge is 0.480 e. The van der Waals surface area contributed by atoms with Crippen LogP contribution in [0.25, 0.3) is 21.5 Å². The predicted molar refractivity (Wildman–Crippen MR) is 427 cm³/mol. The number of carbonyl (C=O) groups excluding carboxylic acids is 7. The quantitative estimate of drug-likeness (QED) is 0.0231. The zero-order valence-corrected chi connectivity index (χ0v) is 69.4. The number of hydrogen-bond donors (Lipinski definition) is 5. The van der Waals surface area contributed by atoms with E-state index >= 15 is 0 Å². The summed E-state index contributed by atoms with van der Waals surface area (Å²) in [6.45, 7) is 25.6. The van der Waals surface area contributed by atoms with Crippen LogP contribution in [-0.4, -0.2) is 186 Å². The van der Waals surface area contributed by atoms with Crippen LogP contribution in [0.1, 0.15) is 107 Å². The highest BCUT2D eigenvalue weighted by atomic mass is 79.9. The van der Waals surface area contributed by atoms with Gasteiger partial charge in [0, 0.05) is 127 Å². The Kier molecular flexibility index (Phi) is 42.7. The number of aromatic nitrogens is 2. The van der Waals surface area contributed by atoms with Crippen molar-refractivity contribution in [1.29, 1.82) is 0 Å². The second-order valence-corrected chi connectivity index (χ2v) is 31.0. The Balaban J connectivity index is 0.000000334. The number of nitrogens with one attached hydrogen (secondary N) is 2. The molecule has 0 radical (unpaired) electrons. The molecule has 0 saturated carbocycles. The molecule has 2 aliphatic rings. The lowest BCUT2D eigenvalue weighted by Gasteiger charge is -2.36. The number of benzene rings is 5. The van der Waals surface area contributed by atoms with Gasteiger partial charge in [0.05, 0.1) is 26.4 Å². The zero-order chi connectivity index (χ0) is 79.1. The van der Waals surface area contributed by atoms with Gasteiger partial charge in [0.15, 0.2) is 0 Å². The molecule has 2 saturated heterocycles. The molecule has 32 heteroatoms. The SMILES string of the molecule is CC(C)(C)OC(=O)N1CCNCC1.CCOC(=O)C(Cc1ccc(Br)cc1)NC=O.CCOC(=O)C(N)Cc1ccc(Br)cc1.CCOC(=O)c1cc2ccc(Br)cc2cn1.CCOC(=O)c1cc2ccc(N3CCN(C(=O)OC(C)(C)C)CC3)cc2cn1.NC(Cc1ccc(Br)cc1)C(=O)O.O=S(Cl)Cl. The van der Waals surface area contributed by atoms with Gasteiger partial charge in [0.25, 0.3) is 0 Å². The first kappa shape index (κ1) is 92.8. The third-order valence-electron chi connectivity index (χ3n) is 14.3. The third kappa shape index (κ3) is 37.4. The fraction of sp³-hybridized carbons (Fsp3) is 0.405. The van der Waals surface area contributed by atoms with Gasteiger partial charge >= 0.3 is 42.0 Å². The van der Waals surface area contributed by atoms with Gasteiger partial charge in [-0.15, -0.1) is 0 Å². The van der Waals surface area contributed by atoms with Gasteiger partial charge in [-0.3, -0.25) is 14.4 Å². The van der Waals surface area contributed by atoms with E-state index in [1.807, 2.05) is 145 Å². The number of carboxylic acid groups (broad SMARTS) is 1. The highest BCUT2D eigenvalue weighted by molar-refractivity contribution is 9.11. The van der Waals surface area contributed by atoms with Crippen molar-refractivity contribution in [2.24, 2.45) is 11.5 Å². The standard InChI is InChI=1S/C21H27N3O4.C12H14BrNO3.C12H10BrNO2.C11H14BrNO2.C9H10BrNO2.C9H18N2O2.Cl2OS/c1-5-27-19(25)18-13-15-6-7-17(12-16(15)14-22-18)23-8-10-24(11-9-23)20(26)28-21(2,3)4;1-2-17-12(16)11(14-8-15)7-9-3-5-10(13)6-4-9;1-2-16-12(15)11-6-8-3-4-10(13)5-9(8)7-14-11;1-2-15-11(14)10(13)7-8-3-5-9(12)6-4-8;10-7-3-1-6(2-4-7)5-8(11)9(12)13;1-9(2,3)13-8(12)11-6-4-10-5-7-11;1-4(2)3/h6-7,12-14H,5,8-11H2,1-4H3;3-6,8,11H,2,7H2,1H3,(H,14,15);3-7H,2H2,1H3;3-6,10H,2,7,13H2,1H3;1-4,8H,5,11H2,(H,12,13);10H,4-7H2,1-3H3;. The molecule has 7 aromatic rings. The van der Waals surface area contributed by atoms with E-state index in [-0.39, 0.29) is 29.7 Å². The predicted octanol–water partition coefficient (Wildman–Crippen LogP) is 13.5. The van der Waals surface area contributed by atoms with E-state index < -0.39 is 50.9 Å². The number of carboxylic acids is 1. The van der Waals surface area contributed by atoms with Crippen LogP contribution in [0.15, 0.2) is 152 Å². The number of amides is 3. The molecular formula is C74H93Br4Cl2N9O16S. The number of ether oxygens (including phenoxy) is 6. The van der Waals surface area contributed by atoms with E-state index in [0.29, 0.717) is 76.6 Å². The van der Waals surface area contributed by atoms with E-state index in [1.54, 1.807) is 62.0 Å². The molecule has 578 valence electrons. The van der Waals surface area contributed by atoms with Crippen LogP contribution in [-0.2, 0) is 76.1 Å². The first-order valence-electron chi connectivity index (χ1n) is 33.5. The average molecular weight is 1790 g/mol. The van der Waals surface area contributed by atoms with Crippen LogP contribution in [0.3, 0.4) is 0 Å². The maximum atomic E-state index is 12.2. The number of nitrogens with zero attached hydrogens (tertiary/aromatic N) is 5. The van der Waals surface area contributed by atoms with Crippen LogP contribution < -0.4 is 27.0 Å². The molecule has 25 nitrogen and oxygen atoms in total. The maximum absolute atomic E-state index is 12.2. The van der Waals surface area contributed by atoms with Crippen molar-refractivity contribution < 1.29 is 76.1 Å². The van der Waals surface area contributed by atoms with Crippen molar-refractivity contribution in [2.75, 3.05) is 83.7 Å². The molecule has 5 aromatic carbocycles.